The molecule has 2 nitrogen and oxygen atoms in total. The zero-order valence-electron chi connectivity index (χ0n) is 9.87. The molecule has 0 aromatic heterocycles. The van der Waals surface area contributed by atoms with E-state index in [0.717, 1.165) is 6.42 Å². The summed E-state index contributed by atoms with van der Waals surface area (Å²) in [4.78, 5) is 1.48. The molecule has 4 heteroatoms. The van der Waals surface area contributed by atoms with Gasteiger partial charge >= 0.3 is 0 Å². The number of hydrogen-bond donors (Lipinski definition) is 0. The lowest BCUT2D eigenvalue weighted by Crippen LogP contribution is -2.36. The Balaban J connectivity index is 2.74. The first-order valence-corrected chi connectivity index (χ1v) is 5.63. The second-order valence-corrected chi connectivity index (χ2v) is 3.94. The van der Waals surface area contributed by atoms with E-state index in [1.165, 1.54) is 17.0 Å². The Kier molecular flexibility index (Phi) is 5.05. The number of benzene rings is 1. The minimum Gasteiger partial charge on any atom is -0.284 e. The first kappa shape index (κ1) is 13.6. The van der Waals surface area contributed by atoms with Gasteiger partial charge in [0.25, 0.3) is 5.92 Å². The summed E-state index contributed by atoms with van der Waals surface area (Å²) in [5, 5.41) is 8.59. The molecule has 0 unspecified atom stereocenters. The third-order valence-corrected chi connectivity index (χ3v) is 2.45. The maximum absolute atomic E-state index is 13.9. The lowest BCUT2D eigenvalue weighted by molar-refractivity contribution is -0.0350. The molecule has 0 atom stereocenters. The van der Waals surface area contributed by atoms with Crippen LogP contribution in [0, 0.1) is 11.3 Å². The van der Waals surface area contributed by atoms with Gasteiger partial charge in [0.15, 0.2) is 0 Å². The van der Waals surface area contributed by atoms with Crippen LogP contribution < -0.4 is 0 Å². The molecule has 0 aliphatic carbocycles. The highest BCUT2D eigenvalue weighted by Crippen LogP contribution is 2.28. The molecule has 1 rings (SSSR count). The summed E-state index contributed by atoms with van der Waals surface area (Å²) < 4.78 is 27.8. The van der Waals surface area contributed by atoms with Gasteiger partial charge < -0.3 is 0 Å². The van der Waals surface area contributed by atoms with Crippen LogP contribution in [0.5, 0.6) is 0 Å². The summed E-state index contributed by atoms with van der Waals surface area (Å²) in [5.74, 6) is -2.91. The van der Waals surface area contributed by atoms with E-state index in [1.807, 2.05) is 13.0 Å². The van der Waals surface area contributed by atoms with E-state index in [4.69, 9.17) is 5.26 Å². The molecule has 0 bridgehead atoms. The molecular formula is C13H16F2N2. The fourth-order valence-electron chi connectivity index (χ4n) is 1.68. The average Bonchev–Trinajstić information content (AvgIpc) is 2.30. The molecule has 1 aromatic rings. The summed E-state index contributed by atoms with van der Waals surface area (Å²) in [6.45, 7) is 2.05. The van der Waals surface area contributed by atoms with E-state index in [-0.39, 0.29) is 12.1 Å². The molecular weight excluding hydrogens is 222 g/mol. The second-order valence-electron chi connectivity index (χ2n) is 3.94. The molecule has 0 aliphatic rings. The smallest absolute Gasteiger partial charge is 0.284 e. The second kappa shape index (κ2) is 6.31. The van der Waals surface area contributed by atoms with Gasteiger partial charge in [-0.25, -0.2) is 0 Å². The maximum Gasteiger partial charge on any atom is 0.285 e. The van der Waals surface area contributed by atoms with Gasteiger partial charge in [-0.1, -0.05) is 37.3 Å². The molecule has 0 N–H and O–H groups in total. The van der Waals surface area contributed by atoms with Crippen LogP contribution in [0.1, 0.15) is 18.9 Å². The predicted octanol–water partition coefficient (Wildman–Crippen LogP) is 3.01. The van der Waals surface area contributed by atoms with Gasteiger partial charge in [-0.15, -0.1) is 0 Å². The van der Waals surface area contributed by atoms with Gasteiger partial charge in [0.2, 0.25) is 0 Å². The highest BCUT2D eigenvalue weighted by molar-refractivity contribution is 5.20. The molecule has 0 heterocycles. The van der Waals surface area contributed by atoms with E-state index in [9.17, 15) is 8.78 Å². The van der Waals surface area contributed by atoms with Crippen LogP contribution >= 0.6 is 0 Å². The van der Waals surface area contributed by atoms with E-state index in [1.54, 1.807) is 18.2 Å². The van der Waals surface area contributed by atoms with Gasteiger partial charge in [0, 0.05) is 5.56 Å². The average molecular weight is 238 g/mol. The fraction of sp³-hybridized carbons (Fsp3) is 0.462. The monoisotopic (exact) mass is 238 g/mol. The normalized spacial score (nSPS) is 11.5. The highest BCUT2D eigenvalue weighted by atomic mass is 19.3. The summed E-state index contributed by atoms with van der Waals surface area (Å²) in [7, 11) is 0. The molecule has 0 amide bonds. The number of halogens is 2. The molecule has 1 aromatic carbocycles. The molecule has 0 saturated heterocycles. The standard InChI is InChI=1S/C13H16F2N2/c1-2-9-17(10-8-16)11-13(14,15)12-6-4-3-5-7-12/h3-7H,2,9-11H2,1H3. The van der Waals surface area contributed by atoms with Crippen molar-refractivity contribution in [2.24, 2.45) is 0 Å². The summed E-state index contributed by atoms with van der Waals surface area (Å²) in [6.07, 6.45) is 0.756. The SMILES string of the molecule is CCCN(CC#N)CC(F)(F)c1ccccc1. The largest absolute Gasteiger partial charge is 0.285 e. The maximum atomic E-state index is 13.9. The van der Waals surface area contributed by atoms with Crippen molar-refractivity contribution in [1.29, 1.82) is 5.26 Å². The lowest BCUT2D eigenvalue weighted by atomic mass is 10.1. The summed E-state index contributed by atoms with van der Waals surface area (Å²) in [5.41, 5.74) is -0.000886. The predicted molar refractivity (Wildman–Crippen MR) is 62.7 cm³/mol. The molecule has 92 valence electrons. The number of nitriles is 1. The van der Waals surface area contributed by atoms with Gasteiger partial charge in [-0.3, -0.25) is 4.90 Å². The Bertz CT molecular complexity index is 371. The number of rotatable bonds is 6. The molecule has 0 fully saturated rings. The van der Waals surface area contributed by atoms with Gasteiger partial charge in [0.1, 0.15) is 0 Å². The van der Waals surface area contributed by atoms with Crippen molar-refractivity contribution in [3.05, 3.63) is 35.9 Å². The molecule has 0 aliphatic heterocycles. The van der Waals surface area contributed by atoms with Crippen LogP contribution in [0.4, 0.5) is 8.78 Å². The van der Waals surface area contributed by atoms with E-state index in [0.29, 0.717) is 6.54 Å². The Morgan fingerprint density at radius 2 is 1.94 bits per heavy atom. The van der Waals surface area contributed by atoms with Crippen molar-refractivity contribution in [2.75, 3.05) is 19.6 Å². The molecule has 0 radical (unpaired) electrons. The lowest BCUT2D eigenvalue weighted by Gasteiger charge is -2.25. The van der Waals surface area contributed by atoms with E-state index < -0.39 is 12.5 Å². The van der Waals surface area contributed by atoms with Crippen molar-refractivity contribution in [2.45, 2.75) is 19.3 Å². The van der Waals surface area contributed by atoms with Gasteiger partial charge in [-0.2, -0.15) is 14.0 Å². The van der Waals surface area contributed by atoms with Crippen molar-refractivity contribution in [1.82, 2.24) is 4.90 Å². The number of nitrogens with zero attached hydrogens (tertiary/aromatic N) is 2. The Hall–Kier alpha value is -1.47. The quantitative estimate of drug-likeness (QED) is 0.712. The number of alkyl halides is 2. The third-order valence-electron chi connectivity index (χ3n) is 2.45. The zero-order valence-corrected chi connectivity index (χ0v) is 9.87. The van der Waals surface area contributed by atoms with Crippen LogP contribution in [0.15, 0.2) is 30.3 Å². The Labute approximate surface area is 100 Å². The van der Waals surface area contributed by atoms with Crippen LogP contribution in [-0.2, 0) is 5.92 Å². The molecule has 17 heavy (non-hydrogen) atoms. The zero-order chi connectivity index (χ0) is 12.7. The van der Waals surface area contributed by atoms with Crippen molar-refractivity contribution in [3.8, 4) is 6.07 Å². The fourth-order valence-corrected chi connectivity index (χ4v) is 1.68. The van der Waals surface area contributed by atoms with E-state index >= 15 is 0 Å². The van der Waals surface area contributed by atoms with Gasteiger partial charge in [0.05, 0.1) is 19.2 Å². The molecule has 0 saturated carbocycles. The van der Waals surface area contributed by atoms with Crippen LogP contribution in [0.3, 0.4) is 0 Å². The Morgan fingerprint density at radius 1 is 1.29 bits per heavy atom. The highest BCUT2D eigenvalue weighted by Gasteiger charge is 2.33. The van der Waals surface area contributed by atoms with Crippen molar-refractivity contribution < 1.29 is 8.78 Å². The topological polar surface area (TPSA) is 27.0 Å². The molecule has 0 spiro atoms. The van der Waals surface area contributed by atoms with Crippen LogP contribution in [0.2, 0.25) is 0 Å². The summed E-state index contributed by atoms with van der Waals surface area (Å²) >= 11 is 0. The first-order chi connectivity index (χ1) is 8.10. The minimum atomic E-state index is -2.91. The van der Waals surface area contributed by atoms with Crippen molar-refractivity contribution in [3.63, 3.8) is 0 Å². The van der Waals surface area contributed by atoms with Crippen molar-refractivity contribution >= 4 is 0 Å². The van der Waals surface area contributed by atoms with Crippen LogP contribution in [-0.4, -0.2) is 24.5 Å². The van der Waals surface area contributed by atoms with Gasteiger partial charge in [-0.05, 0) is 13.0 Å². The Morgan fingerprint density at radius 3 is 2.47 bits per heavy atom. The van der Waals surface area contributed by atoms with Crippen LogP contribution in [0.25, 0.3) is 0 Å². The minimum absolute atomic E-state index is 0.000886. The first-order valence-electron chi connectivity index (χ1n) is 5.63. The third kappa shape index (κ3) is 4.12. The van der Waals surface area contributed by atoms with E-state index in [2.05, 4.69) is 0 Å². The number of hydrogen-bond acceptors (Lipinski definition) is 2. The summed E-state index contributed by atoms with van der Waals surface area (Å²) in [6, 6.07) is 9.64.